The number of aliphatic hydroxyl groups excluding tert-OH is 1. The number of carboxylic acid groups (broad SMARTS) is 1. The Bertz CT molecular complexity index is 1180. The Morgan fingerprint density at radius 1 is 1.05 bits per heavy atom. The summed E-state index contributed by atoms with van der Waals surface area (Å²) in [4.78, 5) is 57.4. The quantitative estimate of drug-likeness (QED) is 0.298. The van der Waals surface area contributed by atoms with Gasteiger partial charge < -0.3 is 15.1 Å². The van der Waals surface area contributed by atoms with Crippen LogP contribution in [0.5, 0.6) is 0 Å². The zero-order valence-electron chi connectivity index (χ0n) is 24.0. The third kappa shape index (κ3) is 8.80. The number of hydrogen-bond donors (Lipinski definition) is 2. The number of carboxylic acids is 1. The average molecular weight is 571 g/mol. The zero-order chi connectivity index (χ0) is 29.4. The van der Waals surface area contributed by atoms with E-state index in [0.29, 0.717) is 32.1 Å². The molecule has 2 N–H and O–H groups in total. The summed E-state index contributed by atoms with van der Waals surface area (Å²) in [6.45, 7) is 7.81. The van der Waals surface area contributed by atoms with Crippen molar-refractivity contribution in [2.75, 3.05) is 6.54 Å². The number of thiazole rings is 1. The number of carbonyl (C=O) groups excluding carboxylic acids is 3. The van der Waals surface area contributed by atoms with Gasteiger partial charge in [0.25, 0.3) is 0 Å². The van der Waals surface area contributed by atoms with E-state index in [1.54, 1.807) is 11.3 Å². The molecular weight excluding hydrogens is 528 g/mol. The van der Waals surface area contributed by atoms with Crippen LogP contribution in [0.3, 0.4) is 0 Å². The highest BCUT2D eigenvalue weighted by molar-refractivity contribution is 7.13. The summed E-state index contributed by atoms with van der Waals surface area (Å²) in [5, 5.41) is 19.2. The van der Waals surface area contributed by atoms with Crippen LogP contribution in [-0.4, -0.2) is 62.2 Å². The first-order valence-electron chi connectivity index (χ1n) is 14.1. The third-order valence-corrected chi connectivity index (χ3v) is 8.65. The molecule has 1 fully saturated rings. The molecule has 2 aromatic rings. The molecular formula is C31H42N2O6S. The standard InChI is InChI=1S/C31H42N2O6S/c1-20-29(40-19-32-20)22-13-10-21(11-14-22)12-15-27(36)26-17-24(35)18-33(26)30(39)25(31(2,3)4)16-23(34)8-6-5-7-9-28(37)38/h10-11,13-14,19,24-26,35H,5-9,12,15-18H2,1-4H3,(H,37,38)/t24-,25-,26+/m1/s1. The number of aromatic nitrogens is 1. The van der Waals surface area contributed by atoms with Gasteiger partial charge in [-0.3, -0.25) is 19.2 Å². The van der Waals surface area contributed by atoms with Crippen molar-refractivity contribution in [2.45, 2.75) is 97.6 Å². The lowest BCUT2D eigenvalue weighted by Gasteiger charge is -2.34. The van der Waals surface area contributed by atoms with E-state index in [1.165, 1.54) is 4.90 Å². The van der Waals surface area contributed by atoms with Gasteiger partial charge in [0, 0.05) is 44.6 Å². The van der Waals surface area contributed by atoms with Crippen molar-refractivity contribution in [1.82, 2.24) is 9.88 Å². The molecule has 3 rings (SSSR count). The highest BCUT2D eigenvalue weighted by Crippen LogP contribution is 2.34. The fourth-order valence-corrected chi connectivity index (χ4v) is 6.08. The minimum absolute atomic E-state index is 0.0387. The third-order valence-electron chi connectivity index (χ3n) is 7.68. The lowest BCUT2D eigenvalue weighted by Crippen LogP contribution is -2.47. The van der Waals surface area contributed by atoms with E-state index in [-0.39, 0.29) is 49.7 Å². The first-order valence-corrected chi connectivity index (χ1v) is 15.0. The summed E-state index contributed by atoms with van der Waals surface area (Å²) in [5.74, 6) is -1.83. The van der Waals surface area contributed by atoms with Crippen molar-refractivity contribution in [3.8, 4) is 10.4 Å². The molecule has 2 heterocycles. The summed E-state index contributed by atoms with van der Waals surface area (Å²) < 4.78 is 0. The minimum atomic E-state index is -0.846. The van der Waals surface area contributed by atoms with Crippen LogP contribution >= 0.6 is 11.3 Å². The molecule has 40 heavy (non-hydrogen) atoms. The van der Waals surface area contributed by atoms with E-state index in [2.05, 4.69) is 4.98 Å². The normalized spacial score (nSPS) is 18.1. The number of aliphatic hydroxyl groups is 1. The molecule has 1 amide bonds. The Hall–Kier alpha value is -2.91. The molecule has 1 saturated heterocycles. The molecule has 1 aromatic carbocycles. The number of Topliss-reactive ketones (excluding diaryl/α,β-unsaturated/α-hetero) is 2. The van der Waals surface area contributed by atoms with Gasteiger partial charge in [-0.25, -0.2) is 4.98 Å². The highest BCUT2D eigenvalue weighted by Gasteiger charge is 2.43. The molecule has 0 bridgehead atoms. The molecule has 1 aliphatic rings. The largest absolute Gasteiger partial charge is 0.481 e. The fourth-order valence-electron chi connectivity index (χ4n) is 5.27. The van der Waals surface area contributed by atoms with Crippen LogP contribution in [0.15, 0.2) is 29.8 Å². The van der Waals surface area contributed by atoms with Gasteiger partial charge in [-0.15, -0.1) is 11.3 Å². The predicted molar refractivity (Wildman–Crippen MR) is 155 cm³/mol. The maximum Gasteiger partial charge on any atom is 0.303 e. The summed E-state index contributed by atoms with van der Waals surface area (Å²) in [6.07, 6.45) is 2.45. The van der Waals surface area contributed by atoms with Crippen LogP contribution in [-0.2, 0) is 25.6 Å². The number of nitrogens with zero attached hydrogens (tertiary/aromatic N) is 2. The molecule has 1 aromatic heterocycles. The Balaban J connectivity index is 1.60. The number of hydrogen-bond acceptors (Lipinski definition) is 7. The SMILES string of the molecule is Cc1ncsc1-c1ccc(CCC(=O)[C@@H]2C[C@@H](O)CN2C(=O)[C@@H](CC(=O)CCCCCC(=O)O)C(C)(C)C)cc1. The maximum atomic E-state index is 13.7. The van der Waals surface area contributed by atoms with Gasteiger partial charge >= 0.3 is 5.97 Å². The monoisotopic (exact) mass is 570 g/mol. The van der Waals surface area contributed by atoms with Crippen LogP contribution < -0.4 is 0 Å². The first-order chi connectivity index (χ1) is 18.9. The van der Waals surface area contributed by atoms with Crippen molar-refractivity contribution in [3.63, 3.8) is 0 Å². The lowest BCUT2D eigenvalue weighted by molar-refractivity contribution is -0.146. The molecule has 1 aliphatic heterocycles. The second-order valence-electron chi connectivity index (χ2n) is 11.9. The molecule has 0 aliphatic carbocycles. The number of ketones is 2. The number of aryl methyl sites for hydroxylation is 2. The summed E-state index contributed by atoms with van der Waals surface area (Å²) >= 11 is 1.59. The van der Waals surface area contributed by atoms with E-state index in [0.717, 1.165) is 21.7 Å². The number of β-amino-alcohol motifs (C(OH)–C–C–N with tert-alkyl or cyclic N) is 1. The molecule has 9 heteroatoms. The molecule has 218 valence electrons. The number of amides is 1. The van der Waals surface area contributed by atoms with Gasteiger partial charge in [-0.05, 0) is 42.7 Å². The second-order valence-corrected chi connectivity index (χ2v) is 12.8. The van der Waals surface area contributed by atoms with Crippen molar-refractivity contribution >= 4 is 34.8 Å². The number of unbranched alkanes of at least 4 members (excludes halogenated alkanes) is 2. The summed E-state index contributed by atoms with van der Waals surface area (Å²) in [7, 11) is 0. The van der Waals surface area contributed by atoms with Crippen molar-refractivity contribution < 1.29 is 29.4 Å². The first kappa shape index (κ1) is 31.6. The topological polar surface area (TPSA) is 125 Å². The molecule has 0 saturated carbocycles. The smallest absolute Gasteiger partial charge is 0.303 e. The number of carbonyl (C=O) groups is 4. The molecule has 8 nitrogen and oxygen atoms in total. The van der Waals surface area contributed by atoms with Crippen LogP contribution in [0, 0.1) is 18.3 Å². The Labute approximate surface area is 240 Å². The van der Waals surface area contributed by atoms with Crippen molar-refractivity contribution in [1.29, 1.82) is 0 Å². The Morgan fingerprint density at radius 3 is 2.33 bits per heavy atom. The fraction of sp³-hybridized carbons (Fsp3) is 0.581. The summed E-state index contributed by atoms with van der Waals surface area (Å²) in [5.41, 5.74) is 4.43. The number of rotatable bonds is 14. The number of aliphatic carboxylic acids is 1. The van der Waals surface area contributed by atoms with E-state index in [4.69, 9.17) is 5.11 Å². The molecule has 0 spiro atoms. The lowest BCUT2D eigenvalue weighted by atomic mass is 9.76. The van der Waals surface area contributed by atoms with Gasteiger partial charge in [-0.2, -0.15) is 0 Å². The van der Waals surface area contributed by atoms with Gasteiger partial charge in [0.1, 0.15) is 5.78 Å². The molecule has 3 atom stereocenters. The Morgan fingerprint density at radius 2 is 1.73 bits per heavy atom. The number of benzene rings is 1. The van der Waals surface area contributed by atoms with Crippen LogP contribution in [0.25, 0.3) is 10.4 Å². The second kappa shape index (κ2) is 14.1. The number of likely N-dealkylation sites (tertiary alicyclic amines) is 1. The molecule has 0 radical (unpaired) electrons. The van der Waals surface area contributed by atoms with Crippen molar-refractivity contribution in [2.24, 2.45) is 11.3 Å². The van der Waals surface area contributed by atoms with Crippen LogP contribution in [0.1, 0.15) is 83.4 Å². The van der Waals surface area contributed by atoms with Crippen LogP contribution in [0.4, 0.5) is 0 Å². The Kier molecular flexibility index (Phi) is 11.2. The van der Waals surface area contributed by atoms with Gasteiger partial charge in [-0.1, -0.05) is 51.5 Å². The van der Waals surface area contributed by atoms with Crippen molar-refractivity contribution in [3.05, 3.63) is 41.0 Å². The summed E-state index contributed by atoms with van der Waals surface area (Å²) in [6, 6.07) is 7.39. The predicted octanol–water partition coefficient (Wildman–Crippen LogP) is 5.24. The van der Waals surface area contributed by atoms with E-state index in [1.807, 2.05) is 57.5 Å². The van der Waals surface area contributed by atoms with Gasteiger partial charge in [0.05, 0.1) is 28.2 Å². The minimum Gasteiger partial charge on any atom is -0.481 e. The maximum absolute atomic E-state index is 13.7. The highest BCUT2D eigenvalue weighted by atomic mass is 32.1. The van der Waals surface area contributed by atoms with E-state index in [9.17, 15) is 24.3 Å². The van der Waals surface area contributed by atoms with Gasteiger partial charge in [0.15, 0.2) is 5.78 Å². The zero-order valence-corrected chi connectivity index (χ0v) is 24.8. The van der Waals surface area contributed by atoms with Crippen LogP contribution in [0.2, 0.25) is 0 Å². The van der Waals surface area contributed by atoms with Gasteiger partial charge in [0.2, 0.25) is 5.91 Å². The van der Waals surface area contributed by atoms with E-state index < -0.39 is 29.4 Å². The molecule has 0 unspecified atom stereocenters. The average Bonchev–Trinajstić information content (AvgIpc) is 3.50. The van der Waals surface area contributed by atoms with E-state index >= 15 is 0 Å².